The van der Waals surface area contributed by atoms with Crippen LogP contribution in [0.4, 0.5) is 26.3 Å². The molecule has 1 aliphatic carbocycles. The molecule has 3 rings (SSSR count). The fourth-order valence-electron chi connectivity index (χ4n) is 3.85. The number of aliphatic carboxylic acids is 2. The number of carbonyl (C=O) groups is 2. The predicted molar refractivity (Wildman–Crippen MR) is 116 cm³/mol. The smallest absolute Gasteiger partial charge is 0.481 e. The standard InChI is InChI=1S/C16H25N3O3S.2C2HF3O2/c1-22-15-5-3-4-13(17-15)12-19-8-6-16(7-9-19)10-14(11-16)18-23(2,20)21;2*3-2(4,5)1(6)7/h3-5,14,18H,6-12H2,1-2H3;2*(H,6,7). The van der Waals surface area contributed by atoms with Gasteiger partial charge in [0.05, 0.1) is 19.1 Å². The zero-order valence-electron chi connectivity index (χ0n) is 19.8. The van der Waals surface area contributed by atoms with E-state index in [1.165, 1.54) is 6.26 Å². The first kappa shape index (κ1) is 32.4. The third-order valence-electron chi connectivity index (χ3n) is 5.52. The summed E-state index contributed by atoms with van der Waals surface area (Å²) < 4.78 is 93.9. The van der Waals surface area contributed by atoms with E-state index >= 15 is 0 Å². The third kappa shape index (κ3) is 12.0. The van der Waals surface area contributed by atoms with Crippen LogP contribution in [0, 0.1) is 5.41 Å². The molecule has 1 spiro atoms. The van der Waals surface area contributed by atoms with Crippen LogP contribution in [0.5, 0.6) is 5.88 Å². The van der Waals surface area contributed by atoms with Crippen molar-refractivity contribution in [3.8, 4) is 5.88 Å². The molecular weight excluding hydrogens is 540 g/mol. The molecule has 0 radical (unpaired) electrons. The molecule has 0 unspecified atom stereocenters. The van der Waals surface area contributed by atoms with Gasteiger partial charge in [-0.15, -0.1) is 0 Å². The summed E-state index contributed by atoms with van der Waals surface area (Å²) in [5.74, 6) is -4.86. The van der Waals surface area contributed by atoms with E-state index in [-0.39, 0.29) is 6.04 Å². The summed E-state index contributed by atoms with van der Waals surface area (Å²) in [5, 5.41) is 14.2. The first-order valence-electron chi connectivity index (χ1n) is 10.6. The number of pyridine rings is 1. The molecule has 2 heterocycles. The highest BCUT2D eigenvalue weighted by molar-refractivity contribution is 7.88. The fourth-order valence-corrected chi connectivity index (χ4v) is 4.63. The van der Waals surface area contributed by atoms with E-state index in [4.69, 9.17) is 24.5 Å². The van der Waals surface area contributed by atoms with Gasteiger partial charge in [0.2, 0.25) is 15.9 Å². The number of hydrogen-bond donors (Lipinski definition) is 3. The Morgan fingerprint density at radius 1 is 1.08 bits per heavy atom. The van der Waals surface area contributed by atoms with Crippen molar-refractivity contribution in [3.63, 3.8) is 0 Å². The zero-order chi connectivity index (χ0) is 28.7. The summed E-state index contributed by atoms with van der Waals surface area (Å²) in [5.41, 5.74) is 1.38. The van der Waals surface area contributed by atoms with E-state index in [9.17, 15) is 34.8 Å². The van der Waals surface area contributed by atoms with Crippen molar-refractivity contribution in [1.29, 1.82) is 0 Å². The van der Waals surface area contributed by atoms with Gasteiger partial charge in [-0.2, -0.15) is 26.3 Å². The number of hydrogen-bond acceptors (Lipinski definition) is 7. The molecule has 1 aromatic heterocycles. The van der Waals surface area contributed by atoms with Crippen LogP contribution in [0.2, 0.25) is 0 Å². The van der Waals surface area contributed by atoms with Gasteiger partial charge in [0.1, 0.15) is 0 Å². The molecule has 10 nitrogen and oxygen atoms in total. The number of carboxylic acid groups (broad SMARTS) is 2. The highest BCUT2D eigenvalue weighted by Crippen LogP contribution is 2.49. The van der Waals surface area contributed by atoms with Crippen LogP contribution in [0.25, 0.3) is 0 Å². The van der Waals surface area contributed by atoms with E-state index in [1.807, 2.05) is 18.2 Å². The summed E-state index contributed by atoms with van der Waals surface area (Å²) in [7, 11) is -1.44. The van der Waals surface area contributed by atoms with Gasteiger partial charge in [-0.25, -0.2) is 27.7 Å². The maximum absolute atomic E-state index is 11.3. The van der Waals surface area contributed by atoms with Crippen molar-refractivity contribution >= 4 is 22.0 Å². The van der Waals surface area contributed by atoms with Crippen molar-refractivity contribution in [3.05, 3.63) is 23.9 Å². The molecule has 3 N–H and O–H groups in total. The predicted octanol–water partition coefficient (Wildman–Crippen LogP) is 2.65. The SMILES string of the molecule is COc1cccc(CN2CCC3(CC2)CC(NS(C)(=O)=O)C3)n1.O=C(O)C(F)(F)F.O=C(O)C(F)(F)F. The monoisotopic (exact) mass is 567 g/mol. The average Bonchev–Trinajstić information content (AvgIpc) is 2.73. The number of rotatable bonds is 5. The van der Waals surface area contributed by atoms with Gasteiger partial charge >= 0.3 is 24.3 Å². The molecular formula is C20H27F6N3O7S. The summed E-state index contributed by atoms with van der Waals surface area (Å²) in [4.78, 5) is 24.7. The largest absolute Gasteiger partial charge is 0.490 e. The number of nitrogens with one attached hydrogen (secondary N) is 1. The van der Waals surface area contributed by atoms with E-state index < -0.39 is 34.3 Å². The van der Waals surface area contributed by atoms with E-state index in [0.29, 0.717) is 11.3 Å². The molecule has 212 valence electrons. The fraction of sp³-hybridized carbons (Fsp3) is 0.650. The molecule has 17 heteroatoms. The van der Waals surface area contributed by atoms with Gasteiger partial charge in [0.15, 0.2) is 0 Å². The number of methoxy groups -OCH3 is 1. The summed E-state index contributed by atoms with van der Waals surface area (Å²) in [6.45, 7) is 2.94. The number of likely N-dealkylation sites (tertiary alicyclic amines) is 1. The van der Waals surface area contributed by atoms with Crippen molar-refractivity contribution in [2.24, 2.45) is 5.41 Å². The molecule has 0 aromatic carbocycles. The number of ether oxygens (including phenoxy) is 1. The molecule has 0 bridgehead atoms. The number of piperidine rings is 1. The molecule has 0 atom stereocenters. The number of aromatic nitrogens is 1. The minimum absolute atomic E-state index is 0.136. The lowest BCUT2D eigenvalue weighted by atomic mass is 9.60. The molecule has 1 aliphatic heterocycles. The Kier molecular flexibility index (Phi) is 11.1. The topological polar surface area (TPSA) is 146 Å². The Bertz CT molecular complexity index is 994. The van der Waals surface area contributed by atoms with Crippen LogP contribution in [0.1, 0.15) is 31.4 Å². The minimum atomic E-state index is -5.08. The van der Waals surface area contributed by atoms with Gasteiger partial charge in [-0.3, -0.25) is 4.90 Å². The number of halogens is 6. The number of nitrogens with zero attached hydrogens (tertiary/aromatic N) is 2. The Balaban J connectivity index is 0.000000404. The van der Waals surface area contributed by atoms with Crippen LogP contribution in [0.15, 0.2) is 18.2 Å². The highest BCUT2D eigenvalue weighted by atomic mass is 32.2. The van der Waals surface area contributed by atoms with Gasteiger partial charge in [0.25, 0.3) is 0 Å². The van der Waals surface area contributed by atoms with Gasteiger partial charge < -0.3 is 14.9 Å². The number of carboxylic acids is 2. The molecule has 2 aliphatic rings. The maximum atomic E-state index is 11.3. The molecule has 2 fully saturated rings. The maximum Gasteiger partial charge on any atom is 0.490 e. The summed E-state index contributed by atoms with van der Waals surface area (Å²) in [6, 6.07) is 6.00. The lowest BCUT2D eigenvalue weighted by Crippen LogP contribution is -2.54. The Hall–Kier alpha value is -2.66. The average molecular weight is 568 g/mol. The second-order valence-corrected chi connectivity index (χ2v) is 10.3. The van der Waals surface area contributed by atoms with Crippen LogP contribution in [0.3, 0.4) is 0 Å². The highest BCUT2D eigenvalue weighted by Gasteiger charge is 2.46. The second-order valence-electron chi connectivity index (χ2n) is 8.55. The molecule has 37 heavy (non-hydrogen) atoms. The third-order valence-corrected chi connectivity index (χ3v) is 6.28. The van der Waals surface area contributed by atoms with E-state index in [0.717, 1.165) is 51.0 Å². The summed E-state index contributed by atoms with van der Waals surface area (Å²) >= 11 is 0. The summed E-state index contributed by atoms with van der Waals surface area (Å²) in [6.07, 6.45) is -4.70. The van der Waals surface area contributed by atoms with Crippen LogP contribution in [-0.2, 0) is 26.2 Å². The van der Waals surface area contributed by atoms with Crippen molar-refractivity contribution in [1.82, 2.24) is 14.6 Å². The lowest BCUT2D eigenvalue weighted by Gasteiger charge is -2.52. The minimum Gasteiger partial charge on any atom is -0.481 e. The van der Waals surface area contributed by atoms with Crippen molar-refractivity contribution < 1.29 is 59.3 Å². The molecule has 1 saturated carbocycles. The van der Waals surface area contributed by atoms with E-state index in [2.05, 4.69) is 14.6 Å². The Morgan fingerprint density at radius 3 is 1.92 bits per heavy atom. The quantitative estimate of drug-likeness (QED) is 0.457. The van der Waals surface area contributed by atoms with E-state index in [1.54, 1.807) is 7.11 Å². The van der Waals surface area contributed by atoms with Crippen LogP contribution < -0.4 is 9.46 Å². The van der Waals surface area contributed by atoms with Crippen molar-refractivity contribution in [2.75, 3.05) is 26.5 Å². The van der Waals surface area contributed by atoms with Gasteiger partial charge in [-0.05, 0) is 50.3 Å². The van der Waals surface area contributed by atoms with Gasteiger partial charge in [0, 0.05) is 18.7 Å². The molecule has 0 amide bonds. The molecule has 1 aromatic rings. The van der Waals surface area contributed by atoms with Crippen LogP contribution >= 0.6 is 0 Å². The first-order chi connectivity index (χ1) is 16.8. The Morgan fingerprint density at radius 2 is 1.54 bits per heavy atom. The molecule has 1 saturated heterocycles. The lowest BCUT2D eigenvalue weighted by molar-refractivity contribution is -0.193. The van der Waals surface area contributed by atoms with Crippen LogP contribution in [-0.4, -0.2) is 85.3 Å². The first-order valence-corrected chi connectivity index (χ1v) is 12.5. The van der Waals surface area contributed by atoms with Crippen molar-refractivity contribution in [2.45, 2.75) is 50.6 Å². The normalized spacial score (nSPS) is 17.9. The second kappa shape index (κ2) is 12.7. The Labute approximate surface area is 208 Å². The number of sulfonamides is 1. The van der Waals surface area contributed by atoms with Gasteiger partial charge in [-0.1, -0.05) is 6.07 Å². The zero-order valence-corrected chi connectivity index (χ0v) is 20.6. The number of alkyl halides is 6.